The predicted octanol–water partition coefficient (Wildman–Crippen LogP) is 1.97. The highest BCUT2D eigenvalue weighted by atomic mass is 32.2. The Labute approximate surface area is 84.8 Å². The second-order valence-corrected chi connectivity index (χ2v) is 4.47. The van der Waals surface area contributed by atoms with E-state index in [0.29, 0.717) is 0 Å². The Hall–Kier alpha value is -0.870. The first-order valence-electron chi connectivity index (χ1n) is 4.58. The van der Waals surface area contributed by atoms with E-state index in [-0.39, 0.29) is 11.5 Å². The molecule has 0 bridgehead atoms. The van der Waals surface area contributed by atoms with Crippen LogP contribution in [0, 0.1) is 0 Å². The van der Waals surface area contributed by atoms with Gasteiger partial charge in [0.25, 0.3) is 10.1 Å². The van der Waals surface area contributed by atoms with Gasteiger partial charge >= 0.3 is 0 Å². The second kappa shape index (κ2) is 4.57. The number of rotatable bonds is 4. The maximum Gasteiger partial charge on any atom is 0.296 e. The molecule has 3 nitrogen and oxygen atoms in total. The maximum absolute atomic E-state index is 11.4. The molecule has 0 fully saturated rings. The Bertz CT molecular complexity index is 378. The van der Waals surface area contributed by atoms with E-state index in [4.69, 9.17) is 0 Å². The fraction of sp³-hybridized carbons (Fsp3) is 0.400. The zero-order chi connectivity index (χ0) is 10.6. The molecular weight excluding hydrogens is 200 g/mol. The van der Waals surface area contributed by atoms with Crippen LogP contribution in [0.4, 0.5) is 0 Å². The fourth-order valence-electron chi connectivity index (χ4n) is 1.12. The molecule has 0 saturated heterocycles. The van der Waals surface area contributed by atoms with Gasteiger partial charge in [0.15, 0.2) is 0 Å². The minimum absolute atomic E-state index is 0.165. The van der Waals surface area contributed by atoms with Crippen molar-refractivity contribution < 1.29 is 12.6 Å². The van der Waals surface area contributed by atoms with Gasteiger partial charge in [-0.15, -0.1) is 0 Å². The van der Waals surface area contributed by atoms with Gasteiger partial charge in [0.2, 0.25) is 0 Å². The van der Waals surface area contributed by atoms with Crippen LogP contribution in [-0.4, -0.2) is 15.0 Å². The molecule has 0 saturated carbocycles. The molecule has 0 heterocycles. The van der Waals surface area contributed by atoms with Gasteiger partial charge < -0.3 is 0 Å². The van der Waals surface area contributed by atoms with Gasteiger partial charge in [-0.3, -0.25) is 4.18 Å². The molecule has 4 heteroatoms. The SMILES string of the molecule is CCOS(=O)(=O)c1ccc(CC)cc1. The van der Waals surface area contributed by atoms with Gasteiger partial charge in [-0.05, 0) is 31.0 Å². The third-order valence-corrected chi connectivity index (χ3v) is 3.29. The summed E-state index contributed by atoms with van der Waals surface area (Å²) in [5.41, 5.74) is 1.11. The first kappa shape index (κ1) is 11.2. The van der Waals surface area contributed by atoms with Crippen LogP contribution >= 0.6 is 0 Å². The molecule has 0 amide bonds. The van der Waals surface area contributed by atoms with Crippen molar-refractivity contribution in [3.8, 4) is 0 Å². The van der Waals surface area contributed by atoms with Crippen molar-refractivity contribution in [2.75, 3.05) is 6.61 Å². The second-order valence-electron chi connectivity index (χ2n) is 2.86. The summed E-state index contributed by atoms with van der Waals surface area (Å²) >= 11 is 0. The molecular formula is C10H14O3S. The lowest BCUT2D eigenvalue weighted by Gasteiger charge is -2.03. The van der Waals surface area contributed by atoms with Crippen LogP contribution in [0.25, 0.3) is 0 Å². The Morgan fingerprint density at radius 3 is 2.14 bits per heavy atom. The molecule has 0 spiro atoms. The predicted molar refractivity (Wildman–Crippen MR) is 54.6 cm³/mol. The summed E-state index contributed by atoms with van der Waals surface area (Å²) in [6.07, 6.45) is 0.898. The Morgan fingerprint density at radius 1 is 1.14 bits per heavy atom. The van der Waals surface area contributed by atoms with Crippen molar-refractivity contribution in [1.82, 2.24) is 0 Å². The van der Waals surface area contributed by atoms with Crippen molar-refractivity contribution in [2.24, 2.45) is 0 Å². The van der Waals surface area contributed by atoms with Crippen molar-refractivity contribution >= 4 is 10.1 Å². The molecule has 0 radical (unpaired) electrons. The van der Waals surface area contributed by atoms with Gasteiger partial charge in [0.1, 0.15) is 0 Å². The van der Waals surface area contributed by atoms with Crippen LogP contribution in [0.3, 0.4) is 0 Å². The van der Waals surface area contributed by atoms with Crippen molar-refractivity contribution in [3.05, 3.63) is 29.8 Å². The minimum Gasteiger partial charge on any atom is -0.267 e. The molecule has 0 aromatic heterocycles. The molecule has 0 atom stereocenters. The Morgan fingerprint density at radius 2 is 1.71 bits per heavy atom. The number of aryl methyl sites for hydroxylation is 1. The molecule has 1 aromatic rings. The van der Waals surface area contributed by atoms with Crippen LogP contribution in [0.15, 0.2) is 29.2 Å². The minimum atomic E-state index is -3.54. The quantitative estimate of drug-likeness (QED) is 0.720. The van der Waals surface area contributed by atoms with E-state index >= 15 is 0 Å². The highest BCUT2D eigenvalue weighted by Crippen LogP contribution is 2.13. The summed E-state index contributed by atoms with van der Waals surface area (Å²) in [6.45, 7) is 3.84. The van der Waals surface area contributed by atoms with Gasteiger partial charge in [-0.25, -0.2) is 0 Å². The highest BCUT2D eigenvalue weighted by Gasteiger charge is 2.12. The van der Waals surface area contributed by atoms with E-state index in [1.165, 1.54) is 0 Å². The van der Waals surface area contributed by atoms with E-state index in [0.717, 1.165) is 12.0 Å². The maximum atomic E-state index is 11.4. The highest BCUT2D eigenvalue weighted by molar-refractivity contribution is 7.86. The van der Waals surface area contributed by atoms with Gasteiger partial charge in [-0.1, -0.05) is 19.1 Å². The van der Waals surface area contributed by atoms with E-state index in [2.05, 4.69) is 4.18 Å². The largest absolute Gasteiger partial charge is 0.296 e. The zero-order valence-corrected chi connectivity index (χ0v) is 9.17. The van der Waals surface area contributed by atoms with E-state index in [9.17, 15) is 8.42 Å². The van der Waals surface area contributed by atoms with E-state index in [1.807, 2.05) is 6.92 Å². The van der Waals surface area contributed by atoms with Crippen LogP contribution in [0.5, 0.6) is 0 Å². The van der Waals surface area contributed by atoms with Gasteiger partial charge in [0, 0.05) is 0 Å². The van der Waals surface area contributed by atoms with Crippen molar-refractivity contribution in [1.29, 1.82) is 0 Å². The molecule has 78 valence electrons. The molecule has 14 heavy (non-hydrogen) atoms. The first-order chi connectivity index (χ1) is 6.60. The van der Waals surface area contributed by atoms with Crippen LogP contribution < -0.4 is 0 Å². The molecule has 0 aliphatic carbocycles. The summed E-state index contributed by atoms with van der Waals surface area (Å²) in [7, 11) is -3.54. The Kier molecular flexibility index (Phi) is 3.66. The average Bonchev–Trinajstić information content (AvgIpc) is 2.18. The molecule has 0 aliphatic heterocycles. The molecule has 0 N–H and O–H groups in total. The van der Waals surface area contributed by atoms with Gasteiger partial charge in [0.05, 0.1) is 11.5 Å². The standard InChI is InChI=1S/C10H14O3S/c1-3-9-5-7-10(8-6-9)14(11,12)13-4-2/h5-8H,3-4H2,1-2H3. The zero-order valence-electron chi connectivity index (χ0n) is 8.36. The smallest absolute Gasteiger partial charge is 0.267 e. The summed E-state index contributed by atoms with van der Waals surface area (Å²) in [5.74, 6) is 0. The molecule has 1 rings (SSSR count). The molecule has 0 unspecified atom stereocenters. The summed E-state index contributed by atoms with van der Waals surface area (Å²) < 4.78 is 27.5. The van der Waals surface area contributed by atoms with Crippen LogP contribution in [-0.2, 0) is 20.7 Å². The molecule has 0 aliphatic rings. The van der Waals surface area contributed by atoms with Crippen molar-refractivity contribution in [3.63, 3.8) is 0 Å². The van der Waals surface area contributed by atoms with Crippen LogP contribution in [0.2, 0.25) is 0 Å². The first-order valence-corrected chi connectivity index (χ1v) is 5.99. The lowest BCUT2D eigenvalue weighted by atomic mass is 10.2. The molecule has 1 aromatic carbocycles. The van der Waals surface area contributed by atoms with Gasteiger partial charge in [-0.2, -0.15) is 8.42 Å². The van der Waals surface area contributed by atoms with E-state index < -0.39 is 10.1 Å². The fourth-order valence-corrected chi connectivity index (χ4v) is 2.03. The summed E-state index contributed by atoms with van der Waals surface area (Å²) in [5, 5.41) is 0. The third-order valence-electron chi connectivity index (χ3n) is 1.89. The number of benzene rings is 1. The average molecular weight is 214 g/mol. The third kappa shape index (κ3) is 2.56. The summed E-state index contributed by atoms with van der Waals surface area (Å²) in [6, 6.07) is 6.74. The normalized spacial score (nSPS) is 11.6. The number of hydrogen-bond acceptors (Lipinski definition) is 3. The lowest BCUT2D eigenvalue weighted by Crippen LogP contribution is -2.05. The topological polar surface area (TPSA) is 43.4 Å². The Balaban J connectivity index is 2.97. The summed E-state index contributed by atoms with van der Waals surface area (Å²) in [4.78, 5) is 0.219. The number of hydrogen-bond donors (Lipinski definition) is 0. The monoisotopic (exact) mass is 214 g/mol. The van der Waals surface area contributed by atoms with Crippen LogP contribution in [0.1, 0.15) is 19.4 Å². The van der Waals surface area contributed by atoms with E-state index in [1.54, 1.807) is 31.2 Å². The van der Waals surface area contributed by atoms with Crippen molar-refractivity contribution in [2.45, 2.75) is 25.2 Å². The lowest BCUT2D eigenvalue weighted by molar-refractivity contribution is 0.338.